The predicted octanol–water partition coefficient (Wildman–Crippen LogP) is 2.99. The van der Waals surface area contributed by atoms with Crippen LogP contribution in [0, 0.1) is 0 Å². The largest absolute Gasteiger partial charge is 0.330 e. The second kappa shape index (κ2) is 6.80. The summed E-state index contributed by atoms with van der Waals surface area (Å²) in [6, 6.07) is 21.4. The number of benzene rings is 2. The number of nitrogens with one attached hydrogen (secondary N) is 1. The number of H-pyrrole nitrogens is 1. The van der Waals surface area contributed by atoms with Crippen molar-refractivity contribution in [3.05, 3.63) is 99.3 Å². The highest BCUT2D eigenvalue weighted by Gasteiger charge is 2.13. The first kappa shape index (κ1) is 16.0. The van der Waals surface area contributed by atoms with Gasteiger partial charge in [0, 0.05) is 12.7 Å². The van der Waals surface area contributed by atoms with E-state index < -0.39 is 11.2 Å². The molecule has 5 nitrogen and oxygen atoms in total. The lowest BCUT2D eigenvalue weighted by Crippen LogP contribution is -2.31. The Morgan fingerprint density at radius 2 is 1.58 bits per heavy atom. The number of nitrogens with zero attached hydrogens (tertiary/aromatic N) is 2. The molecule has 0 aliphatic rings. The van der Waals surface area contributed by atoms with E-state index >= 15 is 0 Å². The van der Waals surface area contributed by atoms with Crippen LogP contribution in [0.1, 0.15) is 5.56 Å². The van der Waals surface area contributed by atoms with Gasteiger partial charge in [0.05, 0.1) is 5.39 Å². The Hall–Kier alpha value is -3.47. The normalized spacial score (nSPS) is 10.9. The second-order valence-electron chi connectivity index (χ2n) is 6.07. The molecule has 2 aromatic carbocycles. The van der Waals surface area contributed by atoms with Crippen molar-refractivity contribution in [3.63, 3.8) is 0 Å². The number of fused-ring (bicyclic) bond motifs is 1. The van der Waals surface area contributed by atoms with Crippen LogP contribution in [0.3, 0.4) is 0 Å². The highest BCUT2D eigenvalue weighted by Crippen LogP contribution is 2.24. The van der Waals surface area contributed by atoms with Crippen LogP contribution in [0.2, 0.25) is 0 Å². The fourth-order valence-electron chi connectivity index (χ4n) is 3.15. The highest BCUT2D eigenvalue weighted by atomic mass is 16.2. The molecule has 128 valence electrons. The monoisotopic (exact) mass is 343 g/mol. The van der Waals surface area contributed by atoms with Crippen LogP contribution in [-0.4, -0.2) is 14.5 Å². The zero-order valence-corrected chi connectivity index (χ0v) is 14.1. The molecule has 0 atom stereocenters. The molecule has 2 aromatic heterocycles. The van der Waals surface area contributed by atoms with Gasteiger partial charge < -0.3 is 0 Å². The lowest BCUT2D eigenvalue weighted by atomic mass is 10.0. The molecule has 4 rings (SSSR count). The number of hydrogen-bond acceptors (Lipinski definition) is 3. The highest BCUT2D eigenvalue weighted by molar-refractivity contribution is 5.91. The third kappa shape index (κ3) is 2.95. The van der Waals surface area contributed by atoms with Crippen LogP contribution in [-0.2, 0) is 13.0 Å². The van der Waals surface area contributed by atoms with Crippen molar-refractivity contribution in [2.24, 2.45) is 0 Å². The Bertz CT molecular complexity index is 1160. The number of rotatable bonds is 4. The number of pyridine rings is 1. The van der Waals surface area contributed by atoms with Gasteiger partial charge in [-0.1, -0.05) is 60.7 Å². The van der Waals surface area contributed by atoms with Crippen LogP contribution in [0.15, 0.2) is 82.5 Å². The van der Waals surface area contributed by atoms with Gasteiger partial charge in [-0.2, -0.15) is 0 Å². The number of hydrogen-bond donors (Lipinski definition) is 1. The molecular weight excluding hydrogens is 326 g/mol. The molecule has 0 saturated heterocycles. The van der Waals surface area contributed by atoms with Crippen LogP contribution >= 0.6 is 0 Å². The van der Waals surface area contributed by atoms with Crippen LogP contribution in [0.4, 0.5) is 0 Å². The molecule has 0 amide bonds. The van der Waals surface area contributed by atoms with Gasteiger partial charge in [-0.25, -0.2) is 9.78 Å². The Labute approximate surface area is 149 Å². The van der Waals surface area contributed by atoms with Gasteiger partial charge in [-0.3, -0.25) is 14.3 Å². The lowest BCUT2D eigenvalue weighted by Gasteiger charge is -2.11. The standard InChI is InChI=1S/C21H17N3O2/c25-20-18-17(16-9-5-2-6-10-16)11-13-22-19(18)24(21(26)23-20)14-12-15-7-3-1-4-8-15/h1-11,13H,12,14H2,(H,23,25,26). The van der Waals surface area contributed by atoms with Crippen molar-refractivity contribution in [3.8, 4) is 11.1 Å². The van der Waals surface area contributed by atoms with Crippen molar-refractivity contribution in [2.45, 2.75) is 13.0 Å². The number of aromatic nitrogens is 3. The molecule has 0 fully saturated rings. The Balaban J connectivity index is 1.86. The summed E-state index contributed by atoms with van der Waals surface area (Å²) in [5.74, 6) is 0. The zero-order valence-electron chi connectivity index (χ0n) is 14.1. The summed E-state index contributed by atoms with van der Waals surface area (Å²) in [5.41, 5.74) is 2.38. The smallest absolute Gasteiger partial charge is 0.277 e. The molecule has 0 aliphatic carbocycles. The van der Waals surface area contributed by atoms with E-state index in [1.165, 1.54) is 4.57 Å². The maximum Gasteiger partial charge on any atom is 0.330 e. The third-order valence-electron chi connectivity index (χ3n) is 4.43. The molecule has 0 bridgehead atoms. The molecule has 2 heterocycles. The second-order valence-corrected chi connectivity index (χ2v) is 6.07. The van der Waals surface area contributed by atoms with Crippen LogP contribution < -0.4 is 11.2 Å². The molecule has 0 saturated carbocycles. The van der Waals surface area contributed by atoms with Crippen molar-refractivity contribution in [2.75, 3.05) is 0 Å². The summed E-state index contributed by atoms with van der Waals surface area (Å²) in [6.45, 7) is 0.446. The first-order valence-electron chi connectivity index (χ1n) is 8.45. The summed E-state index contributed by atoms with van der Waals surface area (Å²) in [6.07, 6.45) is 2.32. The summed E-state index contributed by atoms with van der Waals surface area (Å²) in [4.78, 5) is 31.7. The van der Waals surface area contributed by atoms with Crippen molar-refractivity contribution < 1.29 is 0 Å². The molecule has 0 unspecified atom stereocenters. The van der Waals surface area contributed by atoms with Crippen LogP contribution in [0.25, 0.3) is 22.2 Å². The quantitative estimate of drug-likeness (QED) is 0.619. The van der Waals surface area contributed by atoms with Crippen molar-refractivity contribution in [1.82, 2.24) is 14.5 Å². The van der Waals surface area contributed by atoms with Gasteiger partial charge in [0.15, 0.2) is 0 Å². The predicted molar refractivity (Wildman–Crippen MR) is 102 cm³/mol. The van der Waals surface area contributed by atoms with E-state index in [4.69, 9.17) is 0 Å². The first-order chi connectivity index (χ1) is 12.7. The maximum atomic E-state index is 12.5. The zero-order chi connectivity index (χ0) is 17.9. The molecule has 0 radical (unpaired) electrons. The molecule has 5 heteroatoms. The molecule has 0 aliphatic heterocycles. The topological polar surface area (TPSA) is 67.8 Å². The number of aryl methyl sites for hydroxylation is 2. The van der Waals surface area contributed by atoms with Gasteiger partial charge in [-0.05, 0) is 29.2 Å². The minimum atomic E-state index is -0.434. The van der Waals surface area contributed by atoms with Gasteiger partial charge in [0.2, 0.25) is 0 Å². The molecular formula is C21H17N3O2. The summed E-state index contributed by atoms with van der Waals surface area (Å²) in [5, 5.41) is 0.436. The summed E-state index contributed by atoms with van der Waals surface area (Å²) >= 11 is 0. The average molecular weight is 343 g/mol. The fraction of sp³-hybridized carbons (Fsp3) is 0.0952. The fourth-order valence-corrected chi connectivity index (χ4v) is 3.15. The van der Waals surface area contributed by atoms with E-state index in [1.807, 2.05) is 60.7 Å². The molecule has 4 aromatic rings. The Morgan fingerprint density at radius 3 is 2.31 bits per heavy atom. The van der Waals surface area contributed by atoms with E-state index in [-0.39, 0.29) is 0 Å². The minimum absolute atomic E-state index is 0.409. The van der Waals surface area contributed by atoms with Crippen molar-refractivity contribution in [1.29, 1.82) is 0 Å². The summed E-state index contributed by atoms with van der Waals surface area (Å²) < 4.78 is 1.54. The van der Waals surface area contributed by atoms with Gasteiger partial charge in [0.1, 0.15) is 5.65 Å². The Kier molecular flexibility index (Phi) is 4.19. The molecule has 26 heavy (non-hydrogen) atoms. The van der Waals surface area contributed by atoms with Gasteiger partial charge in [-0.15, -0.1) is 0 Å². The summed E-state index contributed by atoms with van der Waals surface area (Å²) in [7, 11) is 0. The minimum Gasteiger partial charge on any atom is -0.277 e. The SMILES string of the molecule is O=c1[nH]c(=O)n(CCc2ccccc2)c2nccc(-c3ccccc3)c12. The van der Waals surface area contributed by atoms with Crippen molar-refractivity contribution >= 4 is 11.0 Å². The Morgan fingerprint density at radius 1 is 0.885 bits per heavy atom. The average Bonchev–Trinajstić information content (AvgIpc) is 2.69. The molecule has 1 N–H and O–H groups in total. The van der Waals surface area contributed by atoms with Gasteiger partial charge in [0.25, 0.3) is 5.56 Å². The van der Waals surface area contributed by atoms with E-state index in [0.29, 0.717) is 24.0 Å². The number of aromatic amines is 1. The van der Waals surface area contributed by atoms with Crippen LogP contribution in [0.5, 0.6) is 0 Å². The van der Waals surface area contributed by atoms with E-state index in [2.05, 4.69) is 9.97 Å². The van der Waals surface area contributed by atoms with Gasteiger partial charge >= 0.3 is 5.69 Å². The molecule has 0 spiro atoms. The van der Waals surface area contributed by atoms with E-state index in [9.17, 15) is 9.59 Å². The van der Waals surface area contributed by atoms with E-state index in [0.717, 1.165) is 16.7 Å². The third-order valence-corrected chi connectivity index (χ3v) is 4.43. The lowest BCUT2D eigenvalue weighted by molar-refractivity contribution is 0.666. The maximum absolute atomic E-state index is 12.5. The van der Waals surface area contributed by atoms with E-state index in [1.54, 1.807) is 12.3 Å². The first-order valence-corrected chi connectivity index (χ1v) is 8.45.